The number of nitrogens with zero attached hydrogens (tertiary/aromatic N) is 2. The van der Waals surface area contributed by atoms with Gasteiger partial charge in [-0.1, -0.05) is 6.07 Å². The number of rotatable bonds is 4. The van der Waals surface area contributed by atoms with Gasteiger partial charge in [-0.15, -0.1) is 0 Å². The van der Waals surface area contributed by atoms with Crippen molar-refractivity contribution in [3.8, 4) is 0 Å². The molecule has 0 fully saturated rings. The molecule has 0 aliphatic carbocycles. The van der Waals surface area contributed by atoms with Crippen molar-refractivity contribution < 1.29 is 9.00 Å². The van der Waals surface area contributed by atoms with Crippen LogP contribution >= 0.6 is 0 Å². The third kappa shape index (κ3) is 3.82. The summed E-state index contributed by atoms with van der Waals surface area (Å²) >= 11 is 0. The van der Waals surface area contributed by atoms with Crippen LogP contribution in [-0.4, -0.2) is 45.2 Å². The third-order valence-corrected chi connectivity index (χ3v) is 4.50. The van der Waals surface area contributed by atoms with Gasteiger partial charge in [0, 0.05) is 47.5 Å². The van der Waals surface area contributed by atoms with Gasteiger partial charge in [0.15, 0.2) is 0 Å². The molecule has 2 rings (SSSR count). The lowest BCUT2D eigenvalue weighted by atomic mass is 10.1. The first-order chi connectivity index (χ1) is 10.4. The average molecular weight is 319 g/mol. The highest BCUT2D eigenvalue weighted by Crippen LogP contribution is 2.23. The Morgan fingerprint density at radius 3 is 2.86 bits per heavy atom. The lowest BCUT2D eigenvalue weighted by Crippen LogP contribution is -2.41. The first-order valence-electron chi connectivity index (χ1n) is 7.07. The van der Waals surface area contributed by atoms with Gasteiger partial charge in [0.05, 0.1) is 11.2 Å². The van der Waals surface area contributed by atoms with E-state index in [1.807, 2.05) is 38.1 Å². The van der Waals surface area contributed by atoms with Crippen LogP contribution in [0, 0.1) is 6.92 Å². The second-order valence-corrected chi connectivity index (χ2v) is 7.00. The van der Waals surface area contributed by atoms with E-state index in [0.717, 1.165) is 16.5 Å². The maximum absolute atomic E-state index is 12.4. The largest absolute Gasteiger partial charge is 0.324 e. The molecule has 1 aromatic heterocycles. The van der Waals surface area contributed by atoms with E-state index in [0.29, 0.717) is 11.4 Å². The molecule has 0 radical (unpaired) electrons. The second kappa shape index (κ2) is 6.87. The van der Waals surface area contributed by atoms with Crippen LogP contribution in [0.3, 0.4) is 0 Å². The number of fused-ring (bicyclic) bond motifs is 1. The zero-order valence-corrected chi connectivity index (χ0v) is 14.1. The lowest BCUT2D eigenvalue weighted by Gasteiger charge is -2.24. The molecule has 0 unspecified atom stereocenters. The number of hydrogen-bond donors (Lipinski definition) is 1. The number of urea groups is 1. The van der Waals surface area contributed by atoms with Gasteiger partial charge in [-0.05, 0) is 37.6 Å². The minimum atomic E-state index is -0.939. The van der Waals surface area contributed by atoms with Crippen molar-refractivity contribution in [2.75, 3.05) is 24.4 Å². The van der Waals surface area contributed by atoms with E-state index >= 15 is 0 Å². The predicted octanol–water partition coefficient (Wildman–Crippen LogP) is 2.77. The number of anilines is 1. The molecule has 1 heterocycles. The van der Waals surface area contributed by atoms with Gasteiger partial charge in [0.25, 0.3) is 0 Å². The Hall–Kier alpha value is -1.95. The summed E-state index contributed by atoms with van der Waals surface area (Å²) in [6.45, 7) is 3.86. The monoisotopic (exact) mass is 319 g/mol. The minimum Gasteiger partial charge on any atom is -0.324 e. The van der Waals surface area contributed by atoms with Gasteiger partial charge in [-0.25, -0.2) is 4.79 Å². The molecule has 6 heteroatoms. The van der Waals surface area contributed by atoms with Crippen LogP contribution in [0.2, 0.25) is 0 Å². The van der Waals surface area contributed by atoms with Crippen LogP contribution in [0.4, 0.5) is 10.5 Å². The molecule has 118 valence electrons. The summed E-state index contributed by atoms with van der Waals surface area (Å²) in [5.74, 6) is 0.455. The number of amides is 2. The van der Waals surface area contributed by atoms with Gasteiger partial charge in [0.2, 0.25) is 0 Å². The molecule has 0 bridgehead atoms. The molecule has 2 aromatic rings. The maximum Gasteiger partial charge on any atom is 0.321 e. The summed E-state index contributed by atoms with van der Waals surface area (Å²) in [7, 11) is 0.767. The van der Waals surface area contributed by atoms with Crippen LogP contribution in [-0.2, 0) is 10.8 Å². The van der Waals surface area contributed by atoms with E-state index in [1.165, 1.54) is 0 Å². The number of carbonyl (C=O) groups excluding carboxylic acids is 1. The number of aryl methyl sites for hydroxylation is 1. The first kappa shape index (κ1) is 16.4. The molecule has 2 amide bonds. The van der Waals surface area contributed by atoms with Crippen LogP contribution in [0.1, 0.15) is 12.5 Å². The van der Waals surface area contributed by atoms with E-state index in [4.69, 9.17) is 0 Å². The van der Waals surface area contributed by atoms with Crippen LogP contribution in [0.15, 0.2) is 30.5 Å². The summed E-state index contributed by atoms with van der Waals surface area (Å²) in [6, 6.07) is 7.45. The molecule has 5 nitrogen and oxygen atoms in total. The first-order valence-corrected chi connectivity index (χ1v) is 8.80. The Morgan fingerprint density at radius 2 is 2.18 bits per heavy atom. The van der Waals surface area contributed by atoms with Crippen molar-refractivity contribution in [1.82, 2.24) is 9.88 Å². The summed E-state index contributed by atoms with van der Waals surface area (Å²) in [5, 5.41) is 3.89. The van der Waals surface area contributed by atoms with Crippen molar-refractivity contribution >= 4 is 33.4 Å². The van der Waals surface area contributed by atoms with E-state index in [1.54, 1.807) is 24.4 Å². The van der Waals surface area contributed by atoms with Gasteiger partial charge >= 0.3 is 6.03 Å². The molecule has 0 saturated heterocycles. The Morgan fingerprint density at radius 1 is 1.45 bits per heavy atom. The summed E-state index contributed by atoms with van der Waals surface area (Å²) < 4.78 is 11.3. The van der Waals surface area contributed by atoms with Crippen molar-refractivity contribution in [2.45, 2.75) is 19.9 Å². The van der Waals surface area contributed by atoms with E-state index in [-0.39, 0.29) is 12.1 Å². The fourth-order valence-electron chi connectivity index (χ4n) is 2.29. The minimum absolute atomic E-state index is 0.102. The standard InChI is InChI=1S/C16H21N3O2S/c1-11-8-13-6-5-7-17-15(13)14(9-11)18-16(20)19(3)12(2)10-22(4)21/h5-9,12H,10H2,1-4H3,(H,18,20)/t12-,22+/m0/s1. The van der Waals surface area contributed by atoms with E-state index in [9.17, 15) is 9.00 Å². The van der Waals surface area contributed by atoms with E-state index in [2.05, 4.69) is 10.3 Å². The van der Waals surface area contributed by atoms with Crippen LogP contribution < -0.4 is 5.32 Å². The topological polar surface area (TPSA) is 62.3 Å². The maximum atomic E-state index is 12.4. The Kier molecular flexibility index (Phi) is 5.13. The SMILES string of the molecule is Cc1cc(NC(=O)N(C)[C@@H](C)C[S@@](C)=O)c2ncccc2c1. The molecule has 0 aliphatic heterocycles. The molecule has 0 saturated carbocycles. The normalized spacial score (nSPS) is 13.6. The van der Waals surface area contributed by atoms with Gasteiger partial charge < -0.3 is 10.2 Å². The highest BCUT2D eigenvalue weighted by atomic mass is 32.2. The molecule has 0 spiro atoms. The van der Waals surface area contributed by atoms with Gasteiger partial charge in [-0.2, -0.15) is 0 Å². The molecule has 22 heavy (non-hydrogen) atoms. The van der Waals surface area contributed by atoms with Crippen molar-refractivity contribution in [1.29, 1.82) is 0 Å². The molecule has 1 aromatic carbocycles. The molecular formula is C16H21N3O2S. The number of carbonyl (C=O) groups is 1. The fraction of sp³-hybridized carbons (Fsp3) is 0.375. The molecular weight excluding hydrogens is 298 g/mol. The number of nitrogens with one attached hydrogen (secondary N) is 1. The van der Waals surface area contributed by atoms with E-state index < -0.39 is 10.8 Å². The highest BCUT2D eigenvalue weighted by molar-refractivity contribution is 7.84. The number of pyridine rings is 1. The number of aromatic nitrogens is 1. The second-order valence-electron chi connectivity index (χ2n) is 5.52. The third-order valence-electron chi connectivity index (χ3n) is 3.55. The zero-order valence-electron chi connectivity index (χ0n) is 13.3. The van der Waals surface area contributed by atoms with Crippen molar-refractivity contribution in [3.63, 3.8) is 0 Å². The summed E-state index contributed by atoms with van der Waals surface area (Å²) in [5.41, 5.74) is 2.51. The fourth-order valence-corrected chi connectivity index (χ4v) is 3.20. The van der Waals surface area contributed by atoms with Gasteiger partial charge in [0.1, 0.15) is 0 Å². The lowest BCUT2D eigenvalue weighted by molar-refractivity contribution is 0.212. The quantitative estimate of drug-likeness (QED) is 0.942. The number of hydrogen-bond acceptors (Lipinski definition) is 3. The van der Waals surface area contributed by atoms with Crippen LogP contribution in [0.5, 0.6) is 0 Å². The van der Waals surface area contributed by atoms with Crippen LogP contribution in [0.25, 0.3) is 10.9 Å². The van der Waals surface area contributed by atoms with Crippen molar-refractivity contribution in [2.24, 2.45) is 0 Å². The Bertz CT molecular complexity index is 718. The summed E-state index contributed by atoms with van der Waals surface area (Å²) in [4.78, 5) is 18.3. The Balaban J connectivity index is 2.23. The predicted molar refractivity (Wildman–Crippen MR) is 91.7 cm³/mol. The molecule has 2 atom stereocenters. The Labute approximate surface area is 133 Å². The smallest absolute Gasteiger partial charge is 0.321 e. The average Bonchev–Trinajstić information content (AvgIpc) is 2.45. The molecule has 0 aliphatic rings. The van der Waals surface area contributed by atoms with Crippen molar-refractivity contribution in [3.05, 3.63) is 36.0 Å². The number of benzene rings is 1. The van der Waals surface area contributed by atoms with Gasteiger partial charge in [-0.3, -0.25) is 9.19 Å². The highest BCUT2D eigenvalue weighted by Gasteiger charge is 2.18. The molecule has 1 N–H and O–H groups in total. The summed E-state index contributed by atoms with van der Waals surface area (Å²) in [6.07, 6.45) is 3.35. The zero-order chi connectivity index (χ0) is 16.3.